The number of hydrogen-bond acceptors (Lipinski definition) is 7. The summed E-state index contributed by atoms with van der Waals surface area (Å²) in [5, 5.41) is 17.3. The van der Waals surface area contributed by atoms with Gasteiger partial charge in [0.25, 0.3) is 6.43 Å². The van der Waals surface area contributed by atoms with Crippen LogP contribution in [0.15, 0.2) is 24.3 Å². The standard InChI is InChI=1S/C25H34F2N6O3S/c1-4-9-32(3)14-20(34)31-16-8-6-7-15(10-16)29-12-18-25(36)33(5-2)22-21(23(22)37-18)17(11-28)24(35)30-13-19(26)27/h6-8,10,17-19,21-23,29H,4-5,9,12-14H2,1-3H3,(H,30,35)(H,31,34). The van der Waals surface area contributed by atoms with Gasteiger partial charge in [-0.15, -0.1) is 11.8 Å². The fraction of sp³-hybridized carbons (Fsp3) is 0.600. The first-order valence-corrected chi connectivity index (χ1v) is 13.4. The maximum Gasteiger partial charge on any atom is 0.255 e. The van der Waals surface area contributed by atoms with Crippen LogP contribution in [0.25, 0.3) is 0 Å². The Morgan fingerprint density at radius 2 is 2.00 bits per heavy atom. The van der Waals surface area contributed by atoms with Crippen LogP contribution in [-0.2, 0) is 14.4 Å². The second kappa shape index (κ2) is 13.1. The molecule has 0 radical (unpaired) electrons. The Kier molecular flexibility index (Phi) is 10.1. The number of carbonyl (C=O) groups is 3. The molecule has 2 aliphatic rings. The highest BCUT2D eigenvalue weighted by Gasteiger charge is 2.64. The molecule has 0 aromatic heterocycles. The summed E-state index contributed by atoms with van der Waals surface area (Å²) < 4.78 is 25.0. The second-order valence-electron chi connectivity index (χ2n) is 9.27. The zero-order valence-corrected chi connectivity index (χ0v) is 22.1. The van der Waals surface area contributed by atoms with E-state index >= 15 is 0 Å². The van der Waals surface area contributed by atoms with Crippen molar-refractivity contribution >= 4 is 40.9 Å². The Morgan fingerprint density at radius 1 is 1.27 bits per heavy atom. The number of amides is 3. The molecule has 1 saturated carbocycles. The minimum absolute atomic E-state index is 0.0863. The van der Waals surface area contributed by atoms with E-state index in [1.54, 1.807) is 17.0 Å². The van der Waals surface area contributed by atoms with Gasteiger partial charge in [0.15, 0.2) is 0 Å². The van der Waals surface area contributed by atoms with Crippen LogP contribution < -0.4 is 16.0 Å². The minimum Gasteiger partial charge on any atom is -0.383 e. The summed E-state index contributed by atoms with van der Waals surface area (Å²) in [6, 6.07) is 8.94. The molecule has 1 heterocycles. The van der Waals surface area contributed by atoms with Gasteiger partial charge in [0.2, 0.25) is 17.7 Å². The Hall–Kier alpha value is -2.91. The van der Waals surface area contributed by atoms with Crippen LogP contribution in [0.3, 0.4) is 0 Å². The van der Waals surface area contributed by atoms with E-state index in [0.717, 1.165) is 18.7 Å². The lowest BCUT2D eigenvalue weighted by atomic mass is 10.0. The maximum absolute atomic E-state index is 13.1. The minimum atomic E-state index is -2.70. The van der Waals surface area contributed by atoms with Crippen molar-refractivity contribution in [2.45, 2.75) is 43.2 Å². The molecule has 12 heteroatoms. The van der Waals surface area contributed by atoms with Crippen molar-refractivity contribution in [2.24, 2.45) is 11.8 Å². The Balaban J connectivity index is 1.59. The Morgan fingerprint density at radius 3 is 2.65 bits per heavy atom. The van der Waals surface area contributed by atoms with Crippen LogP contribution in [-0.4, -0.2) is 90.3 Å². The monoisotopic (exact) mass is 536 g/mol. The third kappa shape index (κ3) is 7.32. The van der Waals surface area contributed by atoms with Crippen LogP contribution in [0, 0.1) is 23.2 Å². The number of halogens is 2. The fourth-order valence-electron chi connectivity index (χ4n) is 4.75. The maximum atomic E-state index is 13.1. The number of anilines is 2. The number of nitrogens with zero attached hydrogens (tertiary/aromatic N) is 3. The average molecular weight is 537 g/mol. The zero-order valence-electron chi connectivity index (χ0n) is 21.2. The van der Waals surface area contributed by atoms with Gasteiger partial charge in [-0.1, -0.05) is 13.0 Å². The smallest absolute Gasteiger partial charge is 0.255 e. The first-order valence-electron chi connectivity index (χ1n) is 12.4. The number of alkyl halides is 2. The fourth-order valence-corrected chi connectivity index (χ4v) is 6.45. The molecule has 37 heavy (non-hydrogen) atoms. The van der Waals surface area contributed by atoms with Crippen molar-refractivity contribution in [3.05, 3.63) is 24.3 Å². The number of hydrogen-bond donors (Lipinski definition) is 3. The number of nitrogens with one attached hydrogen (secondary N) is 3. The van der Waals surface area contributed by atoms with E-state index in [1.807, 2.05) is 37.1 Å². The summed E-state index contributed by atoms with van der Waals surface area (Å²) in [6.45, 7) is 4.96. The molecule has 0 bridgehead atoms. The average Bonchev–Trinajstić information content (AvgIpc) is 3.55. The summed E-state index contributed by atoms with van der Waals surface area (Å²) >= 11 is 1.42. The van der Waals surface area contributed by atoms with Crippen molar-refractivity contribution in [3.63, 3.8) is 0 Å². The van der Waals surface area contributed by atoms with E-state index in [9.17, 15) is 28.4 Å². The molecular weight excluding hydrogens is 502 g/mol. The van der Waals surface area contributed by atoms with Crippen molar-refractivity contribution in [3.8, 4) is 6.07 Å². The van der Waals surface area contributed by atoms with Gasteiger partial charge < -0.3 is 20.9 Å². The van der Waals surface area contributed by atoms with E-state index in [2.05, 4.69) is 22.9 Å². The topological polar surface area (TPSA) is 118 Å². The zero-order chi connectivity index (χ0) is 27.1. The van der Waals surface area contributed by atoms with Gasteiger partial charge >= 0.3 is 0 Å². The lowest BCUT2D eigenvalue weighted by Gasteiger charge is -2.31. The summed E-state index contributed by atoms with van der Waals surface area (Å²) in [5.41, 5.74) is 1.39. The normalized spacial score (nSPS) is 23.3. The van der Waals surface area contributed by atoms with E-state index in [0.29, 0.717) is 25.3 Å². The highest BCUT2D eigenvalue weighted by atomic mass is 32.2. The summed E-state index contributed by atoms with van der Waals surface area (Å²) in [4.78, 5) is 41.4. The van der Waals surface area contributed by atoms with Gasteiger partial charge in [-0.3, -0.25) is 19.3 Å². The van der Waals surface area contributed by atoms with E-state index in [4.69, 9.17) is 0 Å². The Bertz CT molecular complexity index is 1020. The van der Waals surface area contributed by atoms with Crippen molar-refractivity contribution in [2.75, 3.05) is 50.4 Å². The molecule has 3 amide bonds. The van der Waals surface area contributed by atoms with E-state index in [-0.39, 0.29) is 23.1 Å². The number of benzene rings is 1. The molecule has 1 saturated heterocycles. The van der Waals surface area contributed by atoms with Gasteiger partial charge in [-0.2, -0.15) is 5.26 Å². The van der Waals surface area contributed by atoms with E-state index in [1.165, 1.54) is 11.8 Å². The van der Waals surface area contributed by atoms with Gasteiger partial charge in [-0.25, -0.2) is 8.78 Å². The molecule has 1 aliphatic carbocycles. The number of fused-ring (bicyclic) bond motifs is 1. The molecule has 5 unspecified atom stereocenters. The molecule has 1 aromatic carbocycles. The number of rotatable bonds is 13. The molecule has 1 aromatic rings. The molecule has 3 rings (SSSR count). The van der Waals surface area contributed by atoms with Gasteiger partial charge in [0.1, 0.15) is 11.2 Å². The molecule has 9 nitrogen and oxygen atoms in total. The van der Waals surface area contributed by atoms with Crippen molar-refractivity contribution in [1.82, 2.24) is 15.1 Å². The SMILES string of the molecule is CCCN(C)CC(=O)Nc1cccc(NCC2SC3C(C(C#N)C(=O)NCC(F)F)C3N(CC)C2=O)c1. The molecule has 202 valence electrons. The summed E-state index contributed by atoms with van der Waals surface area (Å²) in [6.07, 6.45) is -1.74. The predicted octanol–water partition coefficient (Wildman–Crippen LogP) is 2.23. The second-order valence-corrected chi connectivity index (χ2v) is 10.7. The molecule has 1 aliphatic heterocycles. The Labute approximate surface area is 220 Å². The van der Waals surface area contributed by atoms with E-state index < -0.39 is 36.0 Å². The largest absolute Gasteiger partial charge is 0.383 e. The van der Waals surface area contributed by atoms with Gasteiger partial charge in [0.05, 0.1) is 19.2 Å². The number of thioether (sulfide) groups is 1. The number of nitriles is 1. The molecule has 0 spiro atoms. The number of carbonyl (C=O) groups excluding carboxylic acids is 3. The summed E-state index contributed by atoms with van der Waals surface area (Å²) in [5.74, 6) is -2.41. The van der Waals surface area contributed by atoms with Crippen molar-refractivity contribution < 1.29 is 23.2 Å². The van der Waals surface area contributed by atoms with Gasteiger partial charge in [0, 0.05) is 41.7 Å². The highest BCUT2D eigenvalue weighted by Crippen LogP contribution is 2.54. The van der Waals surface area contributed by atoms with Crippen LogP contribution in [0.5, 0.6) is 0 Å². The molecular formula is C25H34F2N6O3S. The first kappa shape index (κ1) is 28.7. The lowest BCUT2D eigenvalue weighted by molar-refractivity contribution is -0.132. The third-order valence-electron chi connectivity index (χ3n) is 6.44. The summed E-state index contributed by atoms with van der Waals surface area (Å²) in [7, 11) is 1.89. The molecule has 5 atom stereocenters. The first-order chi connectivity index (χ1) is 17.7. The van der Waals surface area contributed by atoms with Crippen LogP contribution >= 0.6 is 11.8 Å². The lowest BCUT2D eigenvalue weighted by Crippen LogP contribution is -2.46. The highest BCUT2D eigenvalue weighted by molar-refractivity contribution is 8.01. The third-order valence-corrected chi connectivity index (χ3v) is 8.05. The predicted molar refractivity (Wildman–Crippen MR) is 139 cm³/mol. The molecule has 2 fully saturated rings. The van der Waals surface area contributed by atoms with Crippen LogP contribution in [0.4, 0.5) is 20.2 Å². The van der Waals surface area contributed by atoms with Crippen LogP contribution in [0.1, 0.15) is 20.3 Å². The quantitative estimate of drug-likeness (QED) is 0.354. The van der Waals surface area contributed by atoms with Crippen molar-refractivity contribution in [1.29, 1.82) is 5.26 Å². The molecule has 3 N–H and O–H groups in total. The van der Waals surface area contributed by atoms with Gasteiger partial charge in [-0.05, 0) is 45.1 Å². The van der Waals surface area contributed by atoms with Crippen LogP contribution in [0.2, 0.25) is 0 Å². The number of likely N-dealkylation sites (N-methyl/N-ethyl adjacent to an activating group) is 1.